The zero-order valence-electron chi connectivity index (χ0n) is 28.4. The zero-order chi connectivity index (χ0) is 33.0. The number of hydrogen-bond donors (Lipinski definition) is 0. The molecule has 2 aromatic carbocycles. The number of benzene rings is 2. The Morgan fingerprint density at radius 2 is 1.17 bits per heavy atom. The second kappa shape index (κ2) is 15.1. The van der Waals surface area contributed by atoms with Gasteiger partial charge in [0.25, 0.3) is 0 Å². The topological polar surface area (TPSA) is 101 Å². The van der Waals surface area contributed by atoms with Crippen LogP contribution in [0, 0.1) is 0 Å². The summed E-state index contributed by atoms with van der Waals surface area (Å²) in [5, 5.41) is 14.8. The Balaban J connectivity index is 0.00000500. The van der Waals surface area contributed by atoms with Crippen LogP contribution in [0.15, 0.2) is 84.6 Å². The molecular weight excluding hydrogens is 642 g/mol. The predicted octanol–water partition coefficient (Wildman–Crippen LogP) is 6.12. The second-order valence-electron chi connectivity index (χ2n) is 14.5. The first kappa shape index (κ1) is 36.8. The third-order valence-electron chi connectivity index (χ3n) is 8.57. The molecule has 0 aliphatic carbocycles. The largest absolute Gasteiger partial charge is 2.00 e. The molecule has 5 unspecified atom stereocenters. The van der Waals surface area contributed by atoms with Crippen molar-refractivity contribution in [1.82, 2.24) is 9.80 Å². The molecule has 5 atom stereocenters. The van der Waals surface area contributed by atoms with E-state index in [-0.39, 0.29) is 61.2 Å². The van der Waals surface area contributed by atoms with Crippen LogP contribution in [0.25, 0.3) is 16.0 Å². The SMILES string of the molecule is CC1(C)CN2CC3C=CC=C(CN(CC(C)(C)[N-]C(=O)C(C)(OCc4ccccc4)C2)CC(C)(OCc2ccccc2)C(=O)[N-]1)[N-]3.[Cu+2]. The minimum absolute atomic E-state index is 0. The van der Waals surface area contributed by atoms with Crippen LogP contribution in [0.5, 0.6) is 0 Å². The molecule has 0 N–H and O–H groups in total. The Labute approximate surface area is 291 Å². The normalized spacial score (nSPS) is 30.5. The molecule has 47 heavy (non-hydrogen) atoms. The van der Waals surface area contributed by atoms with Gasteiger partial charge in [-0.25, -0.2) is 0 Å². The summed E-state index contributed by atoms with van der Waals surface area (Å²) >= 11 is 0. The molecule has 10 heteroatoms. The average Bonchev–Trinajstić information content (AvgIpc) is 2.99. The third kappa shape index (κ3) is 10.0. The van der Waals surface area contributed by atoms with Crippen LogP contribution in [-0.2, 0) is 49.3 Å². The fourth-order valence-electron chi connectivity index (χ4n) is 6.42. The molecule has 0 spiro atoms. The first-order valence-corrected chi connectivity index (χ1v) is 16.2. The van der Waals surface area contributed by atoms with Gasteiger partial charge in [0.2, 0.25) is 0 Å². The summed E-state index contributed by atoms with van der Waals surface area (Å²) in [5.74, 6) is -0.617. The standard InChI is InChI=1S/C37H50N5O4.Cu/c1-34(2)24-41-20-30-18-13-19-31(38-30)21-42(27-36(5,32(43)39-34)45-22-28-14-9-7-10-15-28)25-35(3,4)40-33(44)37(6,26-41)46-23-29-16-11-8-12-17-29;/h7-19,30H,20-27H2,1-6H3,(H2,39,40,43,44);/q-1;+2/p-2. The van der Waals surface area contributed by atoms with E-state index in [2.05, 4.69) is 22.0 Å². The Hall–Kier alpha value is -2.98. The molecule has 5 rings (SSSR count). The van der Waals surface area contributed by atoms with Gasteiger partial charge < -0.3 is 39.9 Å². The van der Waals surface area contributed by atoms with Crippen LogP contribution in [0.2, 0.25) is 0 Å². The molecule has 0 aromatic heterocycles. The summed E-state index contributed by atoms with van der Waals surface area (Å²) < 4.78 is 13.0. The Bertz CT molecular complexity index is 1430. The van der Waals surface area contributed by atoms with E-state index in [1.54, 1.807) is 0 Å². The second-order valence-corrected chi connectivity index (χ2v) is 14.5. The van der Waals surface area contributed by atoms with Crippen molar-refractivity contribution in [2.75, 3.05) is 39.3 Å². The fourth-order valence-corrected chi connectivity index (χ4v) is 6.42. The molecule has 3 aliphatic heterocycles. The van der Waals surface area contributed by atoms with E-state index in [1.807, 2.05) is 108 Å². The van der Waals surface area contributed by atoms with E-state index in [9.17, 15) is 9.59 Å². The van der Waals surface area contributed by atoms with Gasteiger partial charge in [-0.3, -0.25) is 4.90 Å². The summed E-state index contributed by atoms with van der Waals surface area (Å²) in [7, 11) is 0. The number of hydrogen-bond acceptors (Lipinski definition) is 6. The summed E-state index contributed by atoms with van der Waals surface area (Å²) in [6.45, 7) is 14.3. The van der Waals surface area contributed by atoms with Gasteiger partial charge in [-0.05, 0) is 44.6 Å². The van der Waals surface area contributed by atoms with Crippen molar-refractivity contribution >= 4 is 11.8 Å². The summed E-state index contributed by atoms with van der Waals surface area (Å²) in [4.78, 5) is 32.8. The monoisotopic (exact) mass is 689 g/mol. The molecule has 3 heterocycles. The van der Waals surface area contributed by atoms with Crippen molar-refractivity contribution < 1.29 is 36.1 Å². The maximum absolute atomic E-state index is 14.2. The zero-order valence-corrected chi connectivity index (χ0v) is 29.4. The first-order valence-electron chi connectivity index (χ1n) is 16.2. The fraction of sp³-hybridized carbons (Fsp3) is 0.514. The van der Waals surface area contributed by atoms with Gasteiger partial charge >= 0.3 is 17.1 Å². The van der Waals surface area contributed by atoms with Crippen LogP contribution in [-0.4, -0.2) is 89.2 Å². The number of carbonyl (C=O) groups excluding carboxylic acids is 2. The number of ether oxygens (including phenoxy) is 2. The van der Waals surface area contributed by atoms with Gasteiger partial charge in [0.1, 0.15) is 11.2 Å². The van der Waals surface area contributed by atoms with E-state index in [0.717, 1.165) is 16.8 Å². The van der Waals surface area contributed by atoms with Gasteiger partial charge in [-0.1, -0.05) is 124 Å². The van der Waals surface area contributed by atoms with E-state index < -0.39 is 22.3 Å². The minimum atomic E-state index is -1.26. The van der Waals surface area contributed by atoms with Crippen molar-refractivity contribution in [1.29, 1.82) is 0 Å². The number of amides is 2. The molecule has 1 radical (unpaired) electrons. The van der Waals surface area contributed by atoms with Gasteiger partial charge in [-0.2, -0.15) is 0 Å². The Morgan fingerprint density at radius 3 is 1.68 bits per heavy atom. The molecule has 2 aromatic rings. The number of fused-ring (bicyclic) bond motifs is 2. The molecule has 2 amide bonds. The van der Waals surface area contributed by atoms with Crippen molar-refractivity contribution in [2.45, 2.75) is 83.1 Å². The van der Waals surface area contributed by atoms with Crippen molar-refractivity contribution in [2.24, 2.45) is 0 Å². The van der Waals surface area contributed by atoms with Gasteiger partial charge in [0.05, 0.1) is 25.0 Å². The number of nitrogens with zero attached hydrogens (tertiary/aromatic N) is 5. The van der Waals surface area contributed by atoms with Crippen molar-refractivity contribution in [3.05, 3.63) is 112 Å². The van der Waals surface area contributed by atoms with Gasteiger partial charge in [0.15, 0.2) is 0 Å². The first-order chi connectivity index (χ1) is 21.7. The van der Waals surface area contributed by atoms with E-state index >= 15 is 0 Å². The molecule has 9 nitrogen and oxygen atoms in total. The smallest absolute Gasteiger partial charge is 0.680 e. The van der Waals surface area contributed by atoms with Crippen LogP contribution in [0.3, 0.4) is 0 Å². The third-order valence-corrected chi connectivity index (χ3v) is 8.57. The van der Waals surface area contributed by atoms with E-state index in [0.29, 0.717) is 26.2 Å². The maximum atomic E-state index is 14.2. The van der Waals surface area contributed by atoms with E-state index in [4.69, 9.17) is 25.4 Å². The van der Waals surface area contributed by atoms with Crippen molar-refractivity contribution in [3.8, 4) is 0 Å². The van der Waals surface area contributed by atoms with E-state index in [1.165, 1.54) is 0 Å². The molecular formula is C37H48CuN5O4-. The number of allylic oxidation sites excluding steroid dienone is 2. The average molecular weight is 690 g/mol. The molecule has 257 valence electrons. The molecule has 0 saturated carbocycles. The quantitative estimate of drug-likeness (QED) is 0.339. The van der Waals surface area contributed by atoms with Crippen LogP contribution in [0.1, 0.15) is 52.7 Å². The maximum Gasteiger partial charge on any atom is 2.00 e. The van der Waals surface area contributed by atoms with Gasteiger partial charge in [-0.15, -0.1) is 5.70 Å². The summed E-state index contributed by atoms with van der Waals surface area (Å²) in [5.41, 5.74) is -1.25. The predicted molar refractivity (Wildman–Crippen MR) is 181 cm³/mol. The van der Waals surface area contributed by atoms with Gasteiger partial charge in [0, 0.05) is 19.6 Å². The summed E-state index contributed by atoms with van der Waals surface area (Å²) in [6, 6.07) is 19.6. The number of rotatable bonds is 6. The van der Waals surface area contributed by atoms with Crippen LogP contribution < -0.4 is 0 Å². The van der Waals surface area contributed by atoms with Crippen LogP contribution in [0.4, 0.5) is 0 Å². The Morgan fingerprint density at radius 1 is 0.702 bits per heavy atom. The Kier molecular flexibility index (Phi) is 11.8. The molecule has 2 fully saturated rings. The minimum Gasteiger partial charge on any atom is -0.680 e. The molecule has 2 saturated heterocycles. The van der Waals surface area contributed by atoms with Crippen LogP contribution >= 0.6 is 0 Å². The molecule has 3 aliphatic rings. The summed E-state index contributed by atoms with van der Waals surface area (Å²) in [6.07, 6.45) is 6.16. The van der Waals surface area contributed by atoms with Crippen molar-refractivity contribution in [3.63, 3.8) is 0 Å². The number of carbonyl (C=O) groups is 2. The molecule has 4 bridgehead atoms.